The third kappa shape index (κ3) is 1.90. The predicted octanol–water partition coefficient (Wildman–Crippen LogP) is 1.86. The van der Waals surface area contributed by atoms with Gasteiger partial charge in [-0.05, 0) is 6.07 Å². The molecule has 1 aromatic carbocycles. The zero-order valence-corrected chi connectivity index (χ0v) is 9.46. The lowest BCUT2D eigenvalue weighted by Crippen LogP contribution is -1.99. The molecule has 0 aliphatic heterocycles. The molecule has 0 aliphatic carbocycles. The number of carbonyl (C=O) groups is 1. The van der Waals surface area contributed by atoms with Crippen LogP contribution in [0.15, 0.2) is 30.7 Å². The number of benzene rings is 1. The van der Waals surface area contributed by atoms with Crippen molar-refractivity contribution in [2.75, 3.05) is 0 Å². The van der Waals surface area contributed by atoms with Gasteiger partial charge in [-0.3, -0.25) is 4.98 Å². The molecule has 0 saturated heterocycles. The summed E-state index contributed by atoms with van der Waals surface area (Å²) in [5, 5.41) is 8.85. The number of halogens is 1. The smallest absolute Gasteiger partial charge is 0.338 e. The molecule has 0 fully saturated rings. The van der Waals surface area contributed by atoms with E-state index >= 15 is 0 Å². The number of nitrogens with zero attached hydrogens (tertiary/aromatic N) is 3. The van der Waals surface area contributed by atoms with Gasteiger partial charge in [0, 0.05) is 18.5 Å². The Bertz CT molecular complexity index is 770. The molecule has 7 heteroatoms. The molecule has 0 atom stereocenters. The Morgan fingerprint density at radius 1 is 1.32 bits per heavy atom. The number of hydrogen-bond donors (Lipinski definition) is 2. The van der Waals surface area contributed by atoms with Crippen molar-refractivity contribution in [1.82, 2.24) is 19.9 Å². The molecular weight excluding hydrogens is 251 g/mol. The minimum absolute atomic E-state index is 0.361. The zero-order valence-electron chi connectivity index (χ0n) is 9.46. The SMILES string of the molecule is O=C(O)c1cc2nc(-c3cnccn3)[nH]c2cc1F. The first-order chi connectivity index (χ1) is 9.15. The highest BCUT2D eigenvalue weighted by Crippen LogP contribution is 2.21. The molecule has 2 aromatic heterocycles. The molecular formula is C12H7FN4O2. The second kappa shape index (κ2) is 4.13. The number of H-pyrrole nitrogens is 1. The van der Waals surface area contributed by atoms with Crippen LogP contribution in [0, 0.1) is 5.82 Å². The molecule has 3 aromatic rings. The summed E-state index contributed by atoms with van der Waals surface area (Å²) in [5.41, 5.74) is 0.850. The van der Waals surface area contributed by atoms with Crippen LogP contribution in [0.3, 0.4) is 0 Å². The molecule has 6 nitrogen and oxygen atoms in total. The summed E-state index contributed by atoms with van der Waals surface area (Å²) >= 11 is 0. The molecule has 19 heavy (non-hydrogen) atoms. The van der Waals surface area contributed by atoms with Crippen LogP contribution in [0.1, 0.15) is 10.4 Å². The van der Waals surface area contributed by atoms with E-state index < -0.39 is 17.3 Å². The normalized spacial score (nSPS) is 10.8. The largest absolute Gasteiger partial charge is 0.478 e. The highest BCUT2D eigenvalue weighted by Gasteiger charge is 2.14. The molecule has 0 unspecified atom stereocenters. The van der Waals surface area contributed by atoms with Gasteiger partial charge in [-0.1, -0.05) is 0 Å². The third-order valence-electron chi connectivity index (χ3n) is 2.61. The maximum atomic E-state index is 13.5. The molecule has 0 radical (unpaired) electrons. The van der Waals surface area contributed by atoms with E-state index in [0.29, 0.717) is 22.6 Å². The Labute approximate surface area is 106 Å². The van der Waals surface area contributed by atoms with Crippen molar-refractivity contribution >= 4 is 17.0 Å². The van der Waals surface area contributed by atoms with Crippen molar-refractivity contribution in [3.8, 4) is 11.5 Å². The van der Waals surface area contributed by atoms with Crippen LogP contribution in [0.25, 0.3) is 22.6 Å². The van der Waals surface area contributed by atoms with Crippen LogP contribution in [0.5, 0.6) is 0 Å². The molecule has 0 spiro atoms. The van der Waals surface area contributed by atoms with Crippen molar-refractivity contribution in [2.24, 2.45) is 0 Å². The number of nitrogens with one attached hydrogen (secondary N) is 1. The Kier molecular flexibility index (Phi) is 2.45. The van der Waals surface area contributed by atoms with Crippen molar-refractivity contribution in [1.29, 1.82) is 0 Å². The summed E-state index contributed by atoms with van der Waals surface area (Å²) in [7, 11) is 0. The van der Waals surface area contributed by atoms with Gasteiger partial charge in [0.15, 0.2) is 5.82 Å². The average Bonchev–Trinajstić information content (AvgIpc) is 2.81. The Balaban J connectivity index is 2.19. The summed E-state index contributed by atoms with van der Waals surface area (Å²) in [6, 6.07) is 2.29. The van der Waals surface area contributed by atoms with Crippen LogP contribution in [0.2, 0.25) is 0 Å². The number of rotatable bonds is 2. The third-order valence-corrected chi connectivity index (χ3v) is 2.61. The number of aromatic carboxylic acids is 1. The molecule has 0 aliphatic rings. The van der Waals surface area contributed by atoms with Crippen molar-refractivity contribution in [2.45, 2.75) is 0 Å². The molecule has 2 heterocycles. The lowest BCUT2D eigenvalue weighted by Gasteiger charge is -1.95. The van der Waals surface area contributed by atoms with E-state index in [-0.39, 0.29) is 0 Å². The number of aromatic nitrogens is 4. The van der Waals surface area contributed by atoms with Gasteiger partial charge in [-0.25, -0.2) is 19.2 Å². The van der Waals surface area contributed by atoms with Crippen LogP contribution in [-0.2, 0) is 0 Å². The number of fused-ring (bicyclic) bond motifs is 1. The Morgan fingerprint density at radius 3 is 2.84 bits per heavy atom. The fraction of sp³-hybridized carbons (Fsp3) is 0. The Hall–Kier alpha value is -2.83. The van der Waals surface area contributed by atoms with Crippen LogP contribution >= 0.6 is 0 Å². The highest BCUT2D eigenvalue weighted by atomic mass is 19.1. The molecule has 0 amide bonds. The van der Waals surface area contributed by atoms with E-state index in [2.05, 4.69) is 19.9 Å². The van der Waals surface area contributed by atoms with Crippen LogP contribution in [-0.4, -0.2) is 31.0 Å². The van der Waals surface area contributed by atoms with Crippen molar-refractivity contribution in [3.05, 3.63) is 42.1 Å². The second-order valence-corrected chi connectivity index (χ2v) is 3.83. The summed E-state index contributed by atoms with van der Waals surface area (Å²) < 4.78 is 13.5. The topological polar surface area (TPSA) is 91.8 Å². The summed E-state index contributed by atoms with van der Waals surface area (Å²) in [6.07, 6.45) is 4.53. The molecule has 94 valence electrons. The second-order valence-electron chi connectivity index (χ2n) is 3.83. The summed E-state index contributed by atoms with van der Waals surface area (Å²) in [5.74, 6) is -1.73. The van der Waals surface area contributed by atoms with Gasteiger partial charge in [0.05, 0.1) is 22.8 Å². The summed E-state index contributed by atoms with van der Waals surface area (Å²) in [4.78, 5) is 25.9. The van der Waals surface area contributed by atoms with E-state index in [4.69, 9.17) is 5.11 Å². The number of aromatic amines is 1. The van der Waals surface area contributed by atoms with Gasteiger partial charge in [0.25, 0.3) is 0 Å². The van der Waals surface area contributed by atoms with Gasteiger partial charge in [-0.15, -0.1) is 0 Å². The maximum absolute atomic E-state index is 13.5. The van der Waals surface area contributed by atoms with E-state index in [1.807, 2.05) is 0 Å². The minimum atomic E-state index is -1.33. The van der Waals surface area contributed by atoms with E-state index in [9.17, 15) is 9.18 Å². The maximum Gasteiger partial charge on any atom is 0.338 e. The Morgan fingerprint density at radius 2 is 2.16 bits per heavy atom. The number of hydrogen-bond acceptors (Lipinski definition) is 4. The average molecular weight is 258 g/mol. The van der Waals surface area contributed by atoms with E-state index in [1.165, 1.54) is 24.7 Å². The standard InChI is InChI=1S/C12H7FN4O2/c13-7-4-9-8(3-6(7)12(18)19)16-11(17-9)10-5-14-1-2-15-10/h1-5H,(H,16,17)(H,18,19). The molecule has 0 bridgehead atoms. The van der Waals surface area contributed by atoms with E-state index in [1.54, 1.807) is 0 Å². The first-order valence-electron chi connectivity index (χ1n) is 5.34. The first-order valence-corrected chi connectivity index (χ1v) is 5.34. The zero-order chi connectivity index (χ0) is 13.4. The lowest BCUT2D eigenvalue weighted by molar-refractivity contribution is 0.0692. The quantitative estimate of drug-likeness (QED) is 0.731. The fourth-order valence-electron chi connectivity index (χ4n) is 1.74. The van der Waals surface area contributed by atoms with Crippen LogP contribution < -0.4 is 0 Å². The number of carboxylic acids is 1. The van der Waals surface area contributed by atoms with Gasteiger partial charge in [0.1, 0.15) is 11.5 Å². The van der Waals surface area contributed by atoms with E-state index in [0.717, 1.165) is 6.07 Å². The van der Waals surface area contributed by atoms with Crippen LogP contribution in [0.4, 0.5) is 4.39 Å². The van der Waals surface area contributed by atoms with Gasteiger partial charge >= 0.3 is 5.97 Å². The lowest BCUT2D eigenvalue weighted by atomic mass is 10.2. The highest BCUT2D eigenvalue weighted by molar-refractivity contribution is 5.93. The predicted molar refractivity (Wildman–Crippen MR) is 64.0 cm³/mol. The number of imidazole rings is 1. The fourth-order valence-corrected chi connectivity index (χ4v) is 1.74. The molecule has 3 rings (SSSR count). The number of carboxylic acid groups (broad SMARTS) is 1. The van der Waals surface area contributed by atoms with Gasteiger partial charge in [0.2, 0.25) is 0 Å². The molecule has 2 N–H and O–H groups in total. The molecule has 0 saturated carbocycles. The summed E-state index contributed by atoms with van der Waals surface area (Å²) in [6.45, 7) is 0. The monoisotopic (exact) mass is 258 g/mol. The minimum Gasteiger partial charge on any atom is -0.478 e. The van der Waals surface area contributed by atoms with Crippen molar-refractivity contribution in [3.63, 3.8) is 0 Å². The van der Waals surface area contributed by atoms with Gasteiger partial charge in [-0.2, -0.15) is 0 Å². The first kappa shape index (κ1) is 11.3. The van der Waals surface area contributed by atoms with Gasteiger partial charge < -0.3 is 10.1 Å². The van der Waals surface area contributed by atoms with Crippen molar-refractivity contribution < 1.29 is 14.3 Å².